The highest BCUT2D eigenvalue weighted by Crippen LogP contribution is 2.10. The quantitative estimate of drug-likeness (QED) is 0.691. The summed E-state index contributed by atoms with van der Waals surface area (Å²) in [6.45, 7) is 2.63. The Hall–Kier alpha value is -1.36. The lowest BCUT2D eigenvalue weighted by Crippen LogP contribution is -2.37. The lowest BCUT2D eigenvalue weighted by Gasteiger charge is -2.22. The minimum Gasteiger partial charge on any atom is -0.383 e. The van der Waals surface area contributed by atoms with Crippen molar-refractivity contribution in [3.8, 4) is 0 Å². The fraction of sp³-hybridized carbons (Fsp3) is 0.438. The van der Waals surface area contributed by atoms with E-state index in [0.29, 0.717) is 24.7 Å². The van der Waals surface area contributed by atoms with E-state index in [4.69, 9.17) is 16.3 Å². The van der Waals surface area contributed by atoms with Gasteiger partial charge in [0.25, 0.3) is 0 Å². The lowest BCUT2D eigenvalue weighted by molar-refractivity contribution is -0.126. The van der Waals surface area contributed by atoms with Crippen LogP contribution in [0.1, 0.15) is 5.56 Å². The summed E-state index contributed by atoms with van der Waals surface area (Å²) in [7, 11) is 5.61. The molecule has 4 nitrogen and oxygen atoms in total. The number of ether oxygens (including phenoxy) is 1. The summed E-state index contributed by atoms with van der Waals surface area (Å²) >= 11 is 5.84. The van der Waals surface area contributed by atoms with Crippen molar-refractivity contribution in [3.05, 3.63) is 40.9 Å². The molecule has 1 amide bonds. The van der Waals surface area contributed by atoms with Crippen LogP contribution in [0.2, 0.25) is 5.02 Å². The first-order chi connectivity index (χ1) is 10.0. The summed E-state index contributed by atoms with van der Waals surface area (Å²) in [6.07, 6.45) is 3.39. The molecule has 0 spiro atoms. The van der Waals surface area contributed by atoms with E-state index >= 15 is 0 Å². The largest absolute Gasteiger partial charge is 0.383 e. The van der Waals surface area contributed by atoms with Gasteiger partial charge >= 0.3 is 0 Å². The molecule has 0 saturated carbocycles. The Balaban J connectivity index is 2.63. The number of carbonyl (C=O) groups excluding carboxylic acids is 1. The van der Waals surface area contributed by atoms with Crippen molar-refractivity contribution < 1.29 is 9.53 Å². The monoisotopic (exact) mass is 310 g/mol. The lowest BCUT2D eigenvalue weighted by atomic mass is 10.2. The number of benzene rings is 1. The third kappa shape index (κ3) is 7.27. The van der Waals surface area contributed by atoms with Crippen molar-refractivity contribution in [1.82, 2.24) is 9.80 Å². The molecule has 116 valence electrons. The molecule has 0 heterocycles. The molecule has 5 heteroatoms. The number of rotatable bonds is 8. The Labute approximate surface area is 131 Å². The Morgan fingerprint density at radius 3 is 2.43 bits per heavy atom. The summed E-state index contributed by atoms with van der Waals surface area (Å²) < 4.78 is 5.06. The molecule has 0 N–H and O–H groups in total. The molecule has 0 aliphatic heterocycles. The Bertz CT molecular complexity index is 458. The average molecular weight is 311 g/mol. The van der Waals surface area contributed by atoms with Gasteiger partial charge in [0.05, 0.1) is 6.61 Å². The number of methoxy groups -OCH3 is 1. The van der Waals surface area contributed by atoms with E-state index in [1.807, 2.05) is 26.2 Å². The maximum Gasteiger partial charge on any atom is 0.246 e. The van der Waals surface area contributed by atoms with Gasteiger partial charge in [-0.1, -0.05) is 23.7 Å². The van der Waals surface area contributed by atoms with Gasteiger partial charge in [0.15, 0.2) is 0 Å². The van der Waals surface area contributed by atoms with Crippen LogP contribution in [0, 0.1) is 0 Å². The molecule has 0 fully saturated rings. The maximum absolute atomic E-state index is 12.2. The molecular formula is C16H23ClN2O2. The molecule has 0 aliphatic carbocycles. The Morgan fingerprint density at radius 2 is 1.86 bits per heavy atom. The Kier molecular flexibility index (Phi) is 8.05. The average Bonchev–Trinajstić information content (AvgIpc) is 2.46. The highest BCUT2D eigenvalue weighted by atomic mass is 35.5. The van der Waals surface area contributed by atoms with Crippen molar-refractivity contribution in [2.24, 2.45) is 0 Å². The van der Waals surface area contributed by atoms with Crippen LogP contribution < -0.4 is 0 Å². The number of halogens is 1. The molecular weight excluding hydrogens is 288 g/mol. The molecule has 0 aromatic heterocycles. The maximum atomic E-state index is 12.2. The molecule has 21 heavy (non-hydrogen) atoms. The van der Waals surface area contributed by atoms with E-state index in [9.17, 15) is 4.79 Å². The minimum absolute atomic E-state index is 0.0103. The number of likely N-dealkylation sites (N-methyl/N-ethyl adjacent to an activating group) is 1. The third-order valence-corrected chi connectivity index (χ3v) is 3.23. The molecule has 1 rings (SSSR count). The highest BCUT2D eigenvalue weighted by Gasteiger charge is 2.10. The van der Waals surface area contributed by atoms with E-state index in [-0.39, 0.29) is 5.91 Å². The molecule has 0 saturated heterocycles. The van der Waals surface area contributed by atoms with Gasteiger partial charge in [-0.2, -0.15) is 0 Å². The zero-order valence-corrected chi connectivity index (χ0v) is 13.6. The smallest absolute Gasteiger partial charge is 0.246 e. The standard InChI is InChI=1S/C16H23ClN2O2/c1-18(2)10-11-19(12-13-21-3)16(20)9-6-14-4-7-15(17)8-5-14/h4-9H,10-13H2,1-3H3. The second-order valence-corrected chi connectivity index (χ2v) is 5.44. The number of hydrogen-bond donors (Lipinski definition) is 0. The van der Waals surface area contributed by atoms with Gasteiger partial charge in [-0.15, -0.1) is 0 Å². The van der Waals surface area contributed by atoms with Gasteiger partial charge in [-0.05, 0) is 37.9 Å². The third-order valence-electron chi connectivity index (χ3n) is 2.98. The van der Waals surface area contributed by atoms with Gasteiger partial charge in [-0.25, -0.2) is 0 Å². The van der Waals surface area contributed by atoms with Gasteiger partial charge in [0.1, 0.15) is 0 Å². The van der Waals surface area contributed by atoms with Gasteiger partial charge < -0.3 is 14.5 Å². The Morgan fingerprint density at radius 1 is 1.19 bits per heavy atom. The van der Waals surface area contributed by atoms with E-state index < -0.39 is 0 Å². The van der Waals surface area contributed by atoms with E-state index in [0.717, 1.165) is 12.1 Å². The van der Waals surface area contributed by atoms with Crippen molar-refractivity contribution >= 4 is 23.6 Å². The zero-order valence-electron chi connectivity index (χ0n) is 12.9. The molecule has 0 atom stereocenters. The molecule has 0 bridgehead atoms. The van der Waals surface area contributed by atoms with Crippen LogP contribution in [0.3, 0.4) is 0 Å². The van der Waals surface area contributed by atoms with Crippen LogP contribution in [0.4, 0.5) is 0 Å². The predicted octanol–water partition coefficient (Wildman–Crippen LogP) is 2.39. The number of nitrogens with zero attached hydrogens (tertiary/aromatic N) is 2. The topological polar surface area (TPSA) is 32.8 Å². The van der Waals surface area contributed by atoms with Crippen molar-refractivity contribution in [1.29, 1.82) is 0 Å². The molecule has 1 aromatic rings. The van der Waals surface area contributed by atoms with Gasteiger partial charge in [0, 0.05) is 37.8 Å². The first-order valence-corrected chi connectivity index (χ1v) is 7.27. The molecule has 1 aromatic carbocycles. The fourth-order valence-electron chi connectivity index (χ4n) is 1.70. The number of hydrogen-bond acceptors (Lipinski definition) is 3. The van der Waals surface area contributed by atoms with Crippen LogP contribution in [0.25, 0.3) is 6.08 Å². The first kappa shape index (κ1) is 17.7. The summed E-state index contributed by atoms with van der Waals surface area (Å²) in [5.74, 6) is -0.0103. The molecule has 0 aliphatic rings. The summed E-state index contributed by atoms with van der Waals surface area (Å²) in [4.78, 5) is 16.1. The molecule has 0 radical (unpaired) electrons. The number of amides is 1. The van der Waals surface area contributed by atoms with Crippen molar-refractivity contribution in [2.45, 2.75) is 0 Å². The molecule has 0 unspecified atom stereocenters. The van der Waals surface area contributed by atoms with Crippen LogP contribution in [0.15, 0.2) is 30.3 Å². The van der Waals surface area contributed by atoms with Gasteiger partial charge in [-0.3, -0.25) is 4.79 Å². The van der Waals surface area contributed by atoms with Crippen molar-refractivity contribution in [2.75, 3.05) is 47.4 Å². The first-order valence-electron chi connectivity index (χ1n) is 6.89. The SMILES string of the molecule is COCCN(CCN(C)C)C(=O)C=Cc1ccc(Cl)cc1. The summed E-state index contributed by atoms with van der Waals surface area (Å²) in [5, 5.41) is 0.686. The van der Waals surface area contributed by atoms with Crippen LogP contribution >= 0.6 is 11.6 Å². The van der Waals surface area contributed by atoms with Crippen LogP contribution in [-0.2, 0) is 9.53 Å². The normalized spacial score (nSPS) is 11.3. The van der Waals surface area contributed by atoms with Gasteiger partial charge in [0.2, 0.25) is 5.91 Å². The summed E-state index contributed by atoms with van der Waals surface area (Å²) in [5.41, 5.74) is 0.951. The predicted molar refractivity (Wildman–Crippen MR) is 87.5 cm³/mol. The number of carbonyl (C=O) groups is 1. The highest BCUT2D eigenvalue weighted by molar-refractivity contribution is 6.30. The van der Waals surface area contributed by atoms with E-state index in [1.165, 1.54) is 0 Å². The second kappa shape index (κ2) is 9.55. The van der Waals surface area contributed by atoms with Crippen LogP contribution in [-0.4, -0.2) is 63.2 Å². The second-order valence-electron chi connectivity index (χ2n) is 5.01. The minimum atomic E-state index is -0.0103. The fourth-order valence-corrected chi connectivity index (χ4v) is 1.83. The van der Waals surface area contributed by atoms with Crippen LogP contribution in [0.5, 0.6) is 0 Å². The van der Waals surface area contributed by atoms with E-state index in [2.05, 4.69) is 4.90 Å². The van der Waals surface area contributed by atoms with Crippen molar-refractivity contribution in [3.63, 3.8) is 0 Å². The van der Waals surface area contributed by atoms with E-state index in [1.54, 1.807) is 36.3 Å². The zero-order chi connectivity index (χ0) is 15.7. The summed E-state index contributed by atoms with van der Waals surface area (Å²) in [6, 6.07) is 7.37.